The lowest BCUT2D eigenvalue weighted by Crippen LogP contribution is -2.24. The highest BCUT2D eigenvalue weighted by Gasteiger charge is 2.36. The van der Waals surface area contributed by atoms with Crippen LogP contribution in [0.25, 0.3) is 11.0 Å². The van der Waals surface area contributed by atoms with Gasteiger partial charge in [-0.15, -0.1) is 0 Å². The fourth-order valence-electron chi connectivity index (χ4n) is 4.46. The van der Waals surface area contributed by atoms with Crippen molar-refractivity contribution in [2.45, 2.75) is 57.8 Å². The smallest absolute Gasteiger partial charge is 0.275 e. The highest BCUT2D eigenvalue weighted by atomic mass is 16.6. The van der Waals surface area contributed by atoms with Crippen LogP contribution in [0.3, 0.4) is 0 Å². The second-order valence-electron chi connectivity index (χ2n) is 9.07. The van der Waals surface area contributed by atoms with E-state index >= 15 is 0 Å². The first-order valence-corrected chi connectivity index (χ1v) is 11.4. The van der Waals surface area contributed by atoms with E-state index < -0.39 is 35.0 Å². The van der Waals surface area contributed by atoms with Gasteiger partial charge in [0.15, 0.2) is 5.65 Å². The largest absolute Gasteiger partial charge is 0.394 e. The summed E-state index contributed by atoms with van der Waals surface area (Å²) in [5.41, 5.74) is 6.49. The maximum absolute atomic E-state index is 12.8. The lowest BCUT2D eigenvalue weighted by Gasteiger charge is -2.20. The predicted octanol–water partition coefficient (Wildman–Crippen LogP) is 2.16. The van der Waals surface area contributed by atoms with Crippen LogP contribution in [0.2, 0.25) is 0 Å². The van der Waals surface area contributed by atoms with Crippen LogP contribution in [0, 0.1) is 16.0 Å². The zero-order chi connectivity index (χ0) is 25.3. The standard InChI is InChI=1S/C23H29N5O7/c1-12(2)7-17(14-5-3-4-6-15(14)28(32)33)34-11-13-9-27(19-8-16(30)18(10-29)35-19)21-20(13)22(31)26-23(24)25-21/h3-6,9,12,16-19,29-30H,7-8,10-11H2,1-2H3,(H3,24,25,26,31)/t16-,17?,18-,19-/m1/s1. The van der Waals surface area contributed by atoms with Crippen LogP contribution < -0.4 is 11.3 Å². The highest BCUT2D eigenvalue weighted by Crippen LogP contribution is 2.35. The summed E-state index contributed by atoms with van der Waals surface area (Å²) in [4.78, 5) is 30.7. The van der Waals surface area contributed by atoms with Gasteiger partial charge in [0.2, 0.25) is 5.95 Å². The van der Waals surface area contributed by atoms with Gasteiger partial charge in [-0.05, 0) is 18.4 Å². The van der Waals surface area contributed by atoms with E-state index in [4.69, 9.17) is 15.2 Å². The number of aliphatic hydroxyl groups excluding tert-OH is 2. The fourth-order valence-corrected chi connectivity index (χ4v) is 4.46. The van der Waals surface area contributed by atoms with E-state index in [9.17, 15) is 25.1 Å². The third kappa shape index (κ3) is 5.05. The van der Waals surface area contributed by atoms with Gasteiger partial charge in [-0.1, -0.05) is 26.0 Å². The average Bonchev–Trinajstić information content (AvgIpc) is 3.36. The summed E-state index contributed by atoms with van der Waals surface area (Å²) in [5, 5.41) is 31.5. The number of anilines is 1. The van der Waals surface area contributed by atoms with E-state index in [0.717, 1.165) is 0 Å². The number of aromatic nitrogens is 3. The minimum absolute atomic E-state index is 0.0275. The normalized spacial score (nSPS) is 21.1. The quantitative estimate of drug-likeness (QED) is 0.260. The molecule has 0 bridgehead atoms. The van der Waals surface area contributed by atoms with Gasteiger partial charge < -0.3 is 30.0 Å². The van der Waals surface area contributed by atoms with Crippen LogP contribution in [0.1, 0.15) is 50.1 Å². The average molecular weight is 488 g/mol. The third-order valence-electron chi connectivity index (χ3n) is 6.08. The number of nitrogens with one attached hydrogen (secondary N) is 1. The van der Waals surface area contributed by atoms with E-state index in [0.29, 0.717) is 17.5 Å². The maximum Gasteiger partial charge on any atom is 0.275 e. The number of H-pyrrole nitrogens is 1. The van der Waals surface area contributed by atoms with Gasteiger partial charge in [0.25, 0.3) is 11.2 Å². The molecule has 188 valence electrons. The molecule has 12 heteroatoms. The molecule has 1 aliphatic rings. The molecule has 4 rings (SSSR count). The Balaban J connectivity index is 1.70. The summed E-state index contributed by atoms with van der Waals surface area (Å²) in [6.45, 7) is 3.61. The minimum Gasteiger partial charge on any atom is -0.394 e. The third-order valence-corrected chi connectivity index (χ3v) is 6.08. The molecule has 1 fully saturated rings. The number of fused-ring (bicyclic) bond motifs is 1. The summed E-state index contributed by atoms with van der Waals surface area (Å²) in [6.07, 6.45) is -0.527. The Morgan fingerprint density at radius 3 is 2.80 bits per heavy atom. The number of nitrogens with zero attached hydrogens (tertiary/aromatic N) is 3. The zero-order valence-electron chi connectivity index (χ0n) is 19.5. The number of aliphatic hydroxyl groups is 2. The van der Waals surface area contributed by atoms with Gasteiger partial charge in [-0.2, -0.15) is 4.98 Å². The molecule has 0 amide bonds. The van der Waals surface area contributed by atoms with Crippen molar-refractivity contribution in [2.75, 3.05) is 12.3 Å². The Hall–Kier alpha value is -3.32. The molecule has 12 nitrogen and oxygen atoms in total. The number of rotatable bonds is 9. The molecule has 1 unspecified atom stereocenters. The molecule has 3 heterocycles. The Morgan fingerprint density at radius 2 is 2.14 bits per heavy atom. The zero-order valence-corrected chi connectivity index (χ0v) is 19.5. The van der Waals surface area contributed by atoms with Crippen LogP contribution in [-0.4, -0.2) is 48.5 Å². The number of benzene rings is 1. The highest BCUT2D eigenvalue weighted by molar-refractivity contribution is 5.80. The number of nitrogens with two attached hydrogens (primary N) is 1. The summed E-state index contributed by atoms with van der Waals surface area (Å²) >= 11 is 0. The first kappa shape index (κ1) is 24.8. The molecular weight excluding hydrogens is 458 g/mol. The first-order chi connectivity index (χ1) is 16.7. The Kier molecular flexibility index (Phi) is 7.17. The van der Waals surface area contributed by atoms with E-state index in [1.54, 1.807) is 29.0 Å². The predicted molar refractivity (Wildman–Crippen MR) is 126 cm³/mol. The number of hydrogen-bond donors (Lipinski definition) is 4. The number of nitro benzene ring substituents is 1. The second kappa shape index (κ2) is 10.1. The molecule has 1 saturated heterocycles. The molecule has 35 heavy (non-hydrogen) atoms. The first-order valence-electron chi connectivity index (χ1n) is 11.4. The number of nitrogen functional groups attached to an aromatic ring is 1. The number of para-hydroxylation sites is 1. The molecule has 2 aromatic heterocycles. The van der Waals surface area contributed by atoms with Crippen molar-refractivity contribution >= 4 is 22.7 Å². The molecular formula is C23H29N5O7. The van der Waals surface area contributed by atoms with Gasteiger partial charge in [-0.25, -0.2) is 0 Å². The minimum atomic E-state index is -0.879. The molecule has 5 N–H and O–H groups in total. The van der Waals surface area contributed by atoms with Crippen molar-refractivity contribution in [3.8, 4) is 0 Å². The SMILES string of the molecule is CC(C)CC(OCc1cn([C@H]2C[C@@H](O)[C@@H](CO)O2)c2nc(N)[nH]c(=O)c12)c1ccccc1[N+](=O)[O-]. The molecule has 0 spiro atoms. The molecule has 3 aromatic rings. The molecule has 1 aliphatic heterocycles. The van der Waals surface area contributed by atoms with E-state index in [1.807, 2.05) is 13.8 Å². The monoisotopic (exact) mass is 487 g/mol. The van der Waals surface area contributed by atoms with Crippen molar-refractivity contribution in [1.29, 1.82) is 0 Å². The summed E-state index contributed by atoms with van der Waals surface area (Å²) in [7, 11) is 0. The van der Waals surface area contributed by atoms with E-state index in [2.05, 4.69) is 9.97 Å². The summed E-state index contributed by atoms with van der Waals surface area (Å²) in [5.74, 6) is 0.110. The van der Waals surface area contributed by atoms with Crippen LogP contribution in [-0.2, 0) is 16.1 Å². The van der Waals surface area contributed by atoms with Crippen molar-refractivity contribution in [3.05, 3.63) is 62.1 Å². The lowest BCUT2D eigenvalue weighted by molar-refractivity contribution is -0.386. The van der Waals surface area contributed by atoms with Gasteiger partial charge in [-0.3, -0.25) is 19.9 Å². The van der Waals surface area contributed by atoms with Crippen LogP contribution in [0.4, 0.5) is 11.6 Å². The number of aromatic amines is 1. The molecule has 4 atom stereocenters. The van der Waals surface area contributed by atoms with Crippen molar-refractivity contribution < 1.29 is 24.6 Å². The maximum atomic E-state index is 12.8. The Morgan fingerprint density at radius 1 is 1.40 bits per heavy atom. The van der Waals surface area contributed by atoms with Crippen molar-refractivity contribution in [1.82, 2.24) is 14.5 Å². The van der Waals surface area contributed by atoms with Crippen LogP contribution in [0.15, 0.2) is 35.3 Å². The van der Waals surface area contributed by atoms with E-state index in [1.165, 1.54) is 6.07 Å². The van der Waals surface area contributed by atoms with Crippen molar-refractivity contribution in [2.24, 2.45) is 5.92 Å². The van der Waals surface area contributed by atoms with Gasteiger partial charge in [0.1, 0.15) is 12.3 Å². The molecule has 0 aliphatic carbocycles. The summed E-state index contributed by atoms with van der Waals surface area (Å²) < 4.78 is 13.5. The van der Waals surface area contributed by atoms with Crippen LogP contribution >= 0.6 is 0 Å². The van der Waals surface area contributed by atoms with Gasteiger partial charge in [0.05, 0.1) is 41.3 Å². The van der Waals surface area contributed by atoms with Gasteiger partial charge >= 0.3 is 0 Å². The van der Waals surface area contributed by atoms with Crippen LogP contribution in [0.5, 0.6) is 0 Å². The topological polar surface area (TPSA) is 179 Å². The number of nitro groups is 1. The molecule has 1 aromatic carbocycles. The van der Waals surface area contributed by atoms with Crippen molar-refractivity contribution in [3.63, 3.8) is 0 Å². The number of ether oxygens (including phenoxy) is 2. The van der Waals surface area contributed by atoms with Gasteiger partial charge in [0, 0.05) is 24.2 Å². The Labute approximate surface area is 200 Å². The molecule has 0 saturated carbocycles. The Bertz CT molecular complexity index is 1270. The second-order valence-corrected chi connectivity index (χ2v) is 9.07. The molecule has 0 radical (unpaired) electrons. The number of hydrogen-bond acceptors (Lipinski definition) is 9. The lowest BCUT2D eigenvalue weighted by atomic mass is 9.98. The van der Waals surface area contributed by atoms with E-state index in [-0.39, 0.29) is 48.2 Å². The fraction of sp³-hybridized carbons (Fsp3) is 0.478. The summed E-state index contributed by atoms with van der Waals surface area (Å²) in [6, 6.07) is 6.44.